The number of ketones is 2. The third kappa shape index (κ3) is 3.12. The molecule has 1 amide bonds. The van der Waals surface area contributed by atoms with Crippen LogP contribution in [0.2, 0.25) is 0 Å². The van der Waals surface area contributed by atoms with Crippen LogP contribution < -0.4 is 5.73 Å². The van der Waals surface area contributed by atoms with Crippen molar-refractivity contribution < 1.29 is 39.6 Å². The van der Waals surface area contributed by atoms with Crippen LogP contribution in [0.1, 0.15) is 68.4 Å². The van der Waals surface area contributed by atoms with Crippen LogP contribution in [-0.2, 0) is 20.8 Å². The van der Waals surface area contributed by atoms with E-state index in [4.69, 9.17) is 5.73 Å². The van der Waals surface area contributed by atoms with Crippen LogP contribution in [0, 0.1) is 34.5 Å². The summed E-state index contributed by atoms with van der Waals surface area (Å²) in [6.07, 6.45) is -2.40. The quantitative estimate of drug-likeness (QED) is 0.298. The Balaban J connectivity index is 1.98. The van der Waals surface area contributed by atoms with Crippen molar-refractivity contribution in [1.29, 1.82) is 0 Å². The number of primary amides is 1. The van der Waals surface area contributed by atoms with Gasteiger partial charge in [-0.15, -0.1) is 0 Å². The van der Waals surface area contributed by atoms with E-state index in [0.29, 0.717) is 11.1 Å². The number of carbonyl (C=O) groups excluding carboxylic acids is 4. The van der Waals surface area contributed by atoms with Gasteiger partial charge in [-0.2, -0.15) is 0 Å². The van der Waals surface area contributed by atoms with E-state index in [-0.39, 0.29) is 30.1 Å². The second-order valence-corrected chi connectivity index (χ2v) is 11.9. The van der Waals surface area contributed by atoms with Gasteiger partial charge in [0, 0.05) is 11.3 Å². The molecule has 9 nitrogen and oxygen atoms in total. The highest BCUT2D eigenvalue weighted by molar-refractivity contribution is 6.09. The molecule has 0 heterocycles. The minimum absolute atomic E-state index is 0.0370. The van der Waals surface area contributed by atoms with E-state index in [2.05, 4.69) is 0 Å². The van der Waals surface area contributed by atoms with Crippen molar-refractivity contribution >= 4 is 23.8 Å². The van der Waals surface area contributed by atoms with E-state index in [1.165, 1.54) is 6.07 Å². The largest absolute Gasteiger partial charge is 0.507 e. The second kappa shape index (κ2) is 8.19. The molecular formula is C27H35NO8. The van der Waals surface area contributed by atoms with Gasteiger partial charge in [0.1, 0.15) is 24.1 Å². The fourth-order valence-corrected chi connectivity index (χ4v) is 8.06. The third-order valence-electron chi connectivity index (χ3n) is 9.40. The van der Waals surface area contributed by atoms with Crippen LogP contribution in [0.15, 0.2) is 12.1 Å². The lowest BCUT2D eigenvalue weighted by Crippen LogP contribution is -2.79. The minimum atomic E-state index is -2.54. The standard InChI is InChI=1S/C27H35NO8/c1-11(2)18-21(32)17(24(28)35)22(33)27(36)23(34)19-20(31)16-14(8-25(19,4)10-26(18,27)5)13(12(3)9-29)6-7-15(16)30/h6-7,9,11-12,17-19,21,23,30,32,34,36H,8,10H2,1-5H3,(H2,28,35)/t12?,17-,18+,19-,21?,23?,25-,26-,27+/m1/s1. The summed E-state index contributed by atoms with van der Waals surface area (Å²) in [6.45, 7) is 8.65. The van der Waals surface area contributed by atoms with Gasteiger partial charge in [-0.25, -0.2) is 0 Å². The molecule has 0 saturated heterocycles. The number of aldehydes is 1. The average Bonchev–Trinajstić information content (AvgIpc) is 2.75. The molecule has 2 saturated carbocycles. The predicted octanol–water partition coefficient (Wildman–Crippen LogP) is 0.875. The van der Waals surface area contributed by atoms with Gasteiger partial charge in [-0.3, -0.25) is 14.4 Å². The first kappa shape index (κ1) is 26.4. The van der Waals surface area contributed by atoms with Gasteiger partial charge in [0.05, 0.1) is 17.6 Å². The number of hydrogen-bond donors (Lipinski definition) is 5. The number of aliphatic hydroxyl groups is 3. The minimum Gasteiger partial charge on any atom is -0.507 e. The molecule has 3 aliphatic carbocycles. The lowest BCUT2D eigenvalue weighted by atomic mass is 9.39. The maximum atomic E-state index is 13.9. The Kier molecular flexibility index (Phi) is 6.02. The van der Waals surface area contributed by atoms with E-state index >= 15 is 0 Å². The smallest absolute Gasteiger partial charge is 0.230 e. The number of amides is 1. The Bertz CT molecular complexity index is 1160. The number of rotatable bonds is 4. The summed E-state index contributed by atoms with van der Waals surface area (Å²) < 4.78 is 0. The van der Waals surface area contributed by atoms with Gasteiger partial charge < -0.3 is 31.0 Å². The van der Waals surface area contributed by atoms with Crippen molar-refractivity contribution in [3.63, 3.8) is 0 Å². The Morgan fingerprint density at radius 3 is 2.31 bits per heavy atom. The highest BCUT2D eigenvalue weighted by Crippen LogP contribution is 2.65. The molecule has 9 atom stereocenters. The SMILES string of the molecule is CC(C=O)c1ccc(O)c2c1C[C@]1(C)C[C@]3(C)[C@@H](C(C)C)C(O)[C@@H](C(N)=O)C(=O)[C@]3(O)C(O)[C@H]1C2=O. The maximum absolute atomic E-state index is 13.9. The number of aliphatic hydroxyl groups excluding tert-OH is 2. The van der Waals surface area contributed by atoms with Crippen molar-refractivity contribution in [3.8, 4) is 5.75 Å². The van der Waals surface area contributed by atoms with E-state index < -0.39 is 69.8 Å². The molecule has 0 spiro atoms. The van der Waals surface area contributed by atoms with Gasteiger partial charge in [-0.05, 0) is 47.3 Å². The predicted molar refractivity (Wildman–Crippen MR) is 128 cm³/mol. The van der Waals surface area contributed by atoms with Crippen molar-refractivity contribution in [2.24, 2.45) is 40.2 Å². The zero-order valence-corrected chi connectivity index (χ0v) is 21.2. The van der Waals surface area contributed by atoms with Crippen LogP contribution in [0.25, 0.3) is 0 Å². The zero-order valence-electron chi connectivity index (χ0n) is 21.2. The Morgan fingerprint density at radius 2 is 1.78 bits per heavy atom. The molecule has 6 N–H and O–H groups in total. The van der Waals surface area contributed by atoms with Crippen LogP contribution in [-0.4, -0.2) is 62.0 Å². The summed E-state index contributed by atoms with van der Waals surface area (Å²) in [6, 6.07) is 2.92. The van der Waals surface area contributed by atoms with Crippen molar-refractivity contribution in [3.05, 3.63) is 28.8 Å². The molecule has 0 aliphatic heterocycles. The summed E-state index contributed by atoms with van der Waals surface area (Å²) in [5.41, 5.74) is 1.55. The first-order chi connectivity index (χ1) is 16.6. The second-order valence-electron chi connectivity index (χ2n) is 11.9. The van der Waals surface area contributed by atoms with Crippen LogP contribution >= 0.6 is 0 Å². The Labute approximate surface area is 209 Å². The van der Waals surface area contributed by atoms with Crippen molar-refractivity contribution in [2.45, 2.75) is 71.2 Å². The van der Waals surface area contributed by atoms with Gasteiger partial charge in [0.2, 0.25) is 5.91 Å². The Hall–Kier alpha value is -2.62. The molecule has 4 rings (SSSR count). The fourth-order valence-electron chi connectivity index (χ4n) is 8.06. The molecule has 3 aliphatic rings. The summed E-state index contributed by atoms with van der Waals surface area (Å²) >= 11 is 0. The zero-order chi connectivity index (χ0) is 27.1. The monoisotopic (exact) mass is 501 g/mol. The van der Waals surface area contributed by atoms with Gasteiger partial charge in [-0.1, -0.05) is 40.7 Å². The summed E-state index contributed by atoms with van der Waals surface area (Å²) in [4.78, 5) is 51.4. The number of aromatic hydroxyl groups is 1. The van der Waals surface area contributed by atoms with Crippen LogP contribution in [0.4, 0.5) is 0 Å². The van der Waals surface area contributed by atoms with E-state index in [1.54, 1.807) is 40.7 Å². The first-order valence-corrected chi connectivity index (χ1v) is 12.3. The average molecular weight is 502 g/mol. The molecule has 0 aromatic heterocycles. The third-order valence-corrected chi connectivity index (χ3v) is 9.40. The molecule has 2 fully saturated rings. The maximum Gasteiger partial charge on any atom is 0.230 e. The highest BCUT2D eigenvalue weighted by Gasteiger charge is 2.75. The van der Waals surface area contributed by atoms with Gasteiger partial charge in [0.15, 0.2) is 17.2 Å². The number of Topliss-reactive ketones (excluding diaryl/α,β-unsaturated/α-hetero) is 2. The number of fused-ring (bicyclic) bond motifs is 3. The lowest BCUT2D eigenvalue weighted by molar-refractivity contribution is -0.265. The molecular weight excluding hydrogens is 466 g/mol. The molecule has 196 valence electrons. The molecule has 36 heavy (non-hydrogen) atoms. The molecule has 9 heteroatoms. The molecule has 1 aromatic rings. The van der Waals surface area contributed by atoms with Crippen molar-refractivity contribution in [1.82, 2.24) is 0 Å². The highest BCUT2D eigenvalue weighted by atomic mass is 16.4. The van der Waals surface area contributed by atoms with E-state index in [9.17, 15) is 39.6 Å². The number of phenols is 1. The molecule has 0 bridgehead atoms. The summed E-state index contributed by atoms with van der Waals surface area (Å²) in [7, 11) is 0. The molecule has 3 unspecified atom stereocenters. The number of carbonyl (C=O) groups is 4. The van der Waals surface area contributed by atoms with Crippen molar-refractivity contribution in [2.75, 3.05) is 0 Å². The normalized spacial score (nSPS) is 40.8. The number of phenolic OH excluding ortho intramolecular Hbond substituents is 1. The summed E-state index contributed by atoms with van der Waals surface area (Å²) in [5.74, 6) is -7.86. The van der Waals surface area contributed by atoms with Crippen LogP contribution in [0.3, 0.4) is 0 Å². The fraction of sp³-hybridized carbons (Fsp3) is 0.630. The van der Waals surface area contributed by atoms with E-state index in [1.807, 2.05) is 0 Å². The summed E-state index contributed by atoms with van der Waals surface area (Å²) in [5, 5.41) is 45.5. The number of benzene rings is 1. The lowest BCUT2D eigenvalue weighted by Gasteiger charge is -2.66. The molecule has 1 aromatic carbocycles. The Morgan fingerprint density at radius 1 is 1.17 bits per heavy atom. The number of nitrogens with two attached hydrogens (primary N) is 1. The van der Waals surface area contributed by atoms with Crippen LogP contribution in [0.5, 0.6) is 5.75 Å². The first-order valence-electron chi connectivity index (χ1n) is 12.3. The van der Waals surface area contributed by atoms with Gasteiger partial charge in [0.25, 0.3) is 0 Å². The number of hydrogen-bond acceptors (Lipinski definition) is 8. The van der Waals surface area contributed by atoms with Gasteiger partial charge >= 0.3 is 0 Å². The van der Waals surface area contributed by atoms with E-state index in [0.717, 1.165) is 6.29 Å². The molecule has 0 radical (unpaired) electrons. The topological polar surface area (TPSA) is 175 Å².